The van der Waals surface area contributed by atoms with Gasteiger partial charge in [0.15, 0.2) is 0 Å². The molecule has 12 heavy (non-hydrogen) atoms. The second kappa shape index (κ2) is 4.62. The van der Waals surface area contributed by atoms with Gasteiger partial charge in [0.2, 0.25) is 0 Å². The number of rotatable bonds is 4. The molecule has 0 radical (unpaired) electrons. The van der Waals surface area contributed by atoms with E-state index in [4.69, 9.17) is 5.11 Å². The summed E-state index contributed by atoms with van der Waals surface area (Å²) < 4.78 is 0. The van der Waals surface area contributed by atoms with Gasteiger partial charge in [-0.05, 0) is 24.5 Å². The summed E-state index contributed by atoms with van der Waals surface area (Å²) in [5.41, 5.74) is 1.04. The molecule has 1 unspecified atom stereocenters. The van der Waals surface area contributed by atoms with Gasteiger partial charge in [0.05, 0.1) is 0 Å². The first kappa shape index (κ1) is 8.87. The lowest BCUT2D eigenvalue weighted by molar-refractivity contribution is -0.115. The predicted molar refractivity (Wildman–Crippen MR) is 44.6 cm³/mol. The Labute approximate surface area is 71.1 Å². The fraction of sp³-hybridized carbons (Fsp3) is 0.333. The van der Waals surface area contributed by atoms with Crippen LogP contribution in [0.1, 0.15) is 12.0 Å². The summed E-state index contributed by atoms with van der Waals surface area (Å²) in [5, 5.41) is 8.93. The molecular weight excluding hydrogens is 154 g/mol. The van der Waals surface area contributed by atoms with Crippen LogP contribution in [0, 0.1) is 0 Å². The Morgan fingerprint density at radius 1 is 1.67 bits per heavy atom. The molecule has 1 aromatic rings. The molecule has 3 nitrogen and oxygen atoms in total. The number of pyridine rings is 1. The van der Waals surface area contributed by atoms with Crippen LogP contribution in [0.5, 0.6) is 0 Å². The van der Waals surface area contributed by atoms with Crippen LogP contribution >= 0.6 is 0 Å². The Balaban J connectivity index is 2.38. The van der Waals surface area contributed by atoms with E-state index in [9.17, 15) is 4.79 Å². The van der Waals surface area contributed by atoms with Gasteiger partial charge in [-0.2, -0.15) is 0 Å². The van der Waals surface area contributed by atoms with Crippen LogP contribution in [0.2, 0.25) is 0 Å². The topological polar surface area (TPSA) is 50.2 Å². The van der Waals surface area contributed by atoms with Gasteiger partial charge in [-0.1, -0.05) is 6.07 Å². The SMILES string of the molecule is O=CC(O)CCc1cccnc1. The lowest BCUT2D eigenvalue weighted by Crippen LogP contribution is -2.08. The summed E-state index contributed by atoms with van der Waals surface area (Å²) in [5.74, 6) is 0. The third-order valence-corrected chi connectivity index (χ3v) is 1.61. The number of nitrogens with zero attached hydrogens (tertiary/aromatic N) is 1. The summed E-state index contributed by atoms with van der Waals surface area (Å²) in [6.45, 7) is 0. The molecule has 0 spiro atoms. The molecule has 64 valence electrons. The number of hydrogen-bond donors (Lipinski definition) is 1. The molecule has 0 bridgehead atoms. The zero-order valence-corrected chi connectivity index (χ0v) is 6.68. The van der Waals surface area contributed by atoms with E-state index < -0.39 is 6.10 Å². The number of aliphatic hydroxyl groups is 1. The van der Waals surface area contributed by atoms with E-state index in [2.05, 4.69) is 4.98 Å². The van der Waals surface area contributed by atoms with Gasteiger partial charge >= 0.3 is 0 Å². The summed E-state index contributed by atoms with van der Waals surface area (Å²) in [6.07, 6.45) is 4.29. The molecule has 0 saturated carbocycles. The molecule has 1 heterocycles. The summed E-state index contributed by atoms with van der Waals surface area (Å²) in [4.78, 5) is 14.0. The van der Waals surface area contributed by atoms with Crippen molar-refractivity contribution >= 4 is 6.29 Å². The molecule has 0 aliphatic heterocycles. The van der Waals surface area contributed by atoms with Crippen molar-refractivity contribution in [2.75, 3.05) is 0 Å². The maximum Gasteiger partial charge on any atom is 0.148 e. The van der Waals surface area contributed by atoms with Crippen molar-refractivity contribution in [2.24, 2.45) is 0 Å². The van der Waals surface area contributed by atoms with E-state index in [1.807, 2.05) is 12.1 Å². The van der Waals surface area contributed by atoms with Crippen LogP contribution in [-0.2, 0) is 11.2 Å². The van der Waals surface area contributed by atoms with E-state index in [0.717, 1.165) is 5.56 Å². The van der Waals surface area contributed by atoms with Gasteiger partial charge in [-0.3, -0.25) is 4.98 Å². The Bertz CT molecular complexity index is 236. The third kappa shape index (κ3) is 2.80. The second-order valence-electron chi connectivity index (χ2n) is 2.60. The first-order chi connectivity index (χ1) is 5.83. The van der Waals surface area contributed by atoms with E-state index in [-0.39, 0.29) is 0 Å². The van der Waals surface area contributed by atoms with Gasteiger partial charge < -0.3 is 9.90 Å². The molecule has 1 N–H and O–H groups in total. The third-order valence-electron chi connectivity index (χ3n) is 1.61. The second-order valence-corrected chi connectivity index (χ2v) is 2.60. The van der Waals surface area contributed by atoms with Crippen molar-refractivity contribution in [2.45, 2.75) is 18.9 Å². The summed E-state index contributed by atoms with van der Waals surface area (Å²) in [7, 11) is 0. The number of aliphatic hydroxyl groups excluding tert-OH is 1. The quantitative estimate of drug-likeness (QED) is 0.664. The number of carbonyl (C=O) groups excluding carboxylic acids is 1. The minimum Gasteiger partial charge on any atom is -0.386 e. The Morgan fingerprint density at radius 3 is 3.08 bits per heavy atom. The number of carbonyl (C=O) groups is 1. The van der Waals surface area contributed by atoms with Crippen molar-refractivity contribution in [1.29, 1.82) is 0 Å². The van der Waals surface area contributed by atoms with Crippen molar-refractivity contribution in [1.82, 2.24) is 4.98 Å². The first-order valence-electron chi connectivity index (χ1n) is 3.85. The summed E-state index contributed by atoms with van der Waals surface area (Å²) >= 11 is 0. The number of aromatic nitrogens is 1. The molecule has 0 amide bonds. The highest BCUT2D eigenvalue weighted by molar-refractivity contribution is 5.55. The van der Waals surface area contributed by atoms with Crippen LogP contribution in [0.4, 0.5) is 0 Å². The van der Waals surface area contributed by atoms with Gasteiger partial charge in [0.25, 0.3) is 0 Å². The van der Waals surface area contributed by atoms with Gasteiger partial charge in [-0.25, -0.2) is 0 Å². The molecule has 1 aromatic heterocycles. The Kier molecular flexibility index (Phi) is 3.41. The van der Waals surface area contributed by atoms with Crippen LogP contribution in [0.25, 0.3) is 0 Å². The van der Waals surface area contributed by atoms with Crippen molar-refractivity contribution in [3.05, 3.63) is 30.1 Å². The van der Waals surface area contributed by atoms with Gasteiger partial charge in [-0.15, -0.1) is 0 Å². The van der Waals surface area contributed by atoms with Crippen LogP contribution in [-0.4, -0.2) is 22.5 Å². The molecule has 0 aliphatic carbocycles. The largest absolute Gasteiger partial charge is 0.386 e. The highest BCUT2D eigenvalue weighted by atomic mass is 16.3. The van der Waals surface area contributed by atoms with Gasteiger partial charge in [0, 0.05) is 12.4 Å². The van der Waals surface area contributed by atoms with E-state index >= 15 is 0 Å². The first-order valence-corrected chi connectivity index (χ1v) is 3.85. The molecule has 0 aliphatic rings. The maximum absolute atomic E-state index is 10.1. The van der Waals surface area contributed by atoms with E-state index in [0.29, 0.717) is 19.1 Å². The molecule has 0 fully saturated rings. The fourth-order valence-corrected chi connectivity index (χ4v) is 0.929. The Morgan fingerprint density at radius 2 is 2.50 bits per heavy atom. The van der Waals surface area contributed by atoms with E-state index in [1.165, 1.54) is 0 Å². The highest BCUT2D eigenvalue weighted by Crippen LogP contribution is 2.01. The zero-order valence-electron chi connectivity index (χ0n) is 6.68. The predicted octanol–water partition coefficient (Wildman–Crippen LogP) is 0.574. The minimum atomic E-state index is -0.842. The molecular formula is C9H11NO2. The zero-order chi connectivity index (χ0) is 8.81. The number of aryl methyl sites for hydroxylation is 1. The highest BCUT2D eigenvalue weighted by Gasteiger charge is 2.01. The molecule has 1 atom stereocenters. The minimum absolute atomic E-state index is 0.467. The number of aldehydes is 1. The van der Waals surface area contributed by atoms with Gasteiger partial charge in [0.1, 0.15) is 12.4 Å². The summed E-state index contributed by atoms with van der Waals surface area (Å²) in [6, 6.07) is 3.76. The average Bonchev–Trinajstić information content (AvgIpc) is 2.16. The molecule has 1 rings (SSSR count). The Hall–Kier alpha value is -1.22. The van der Waals surface area contributed by atoms with Crippen LogP contribution in [0.3, 0.4) is 0 Å². The molecule has 0 saturated heterocycles. The van der Waals surface area contributed by atoms with Crippen LogP contribution < -0.4 is 0 Å². The standard InChI is InChI=1S/C9H11NO2/c11-7-9(12)4-3-8-2-1-5-10-6-8/h1-2,5-7,9,12H,3-4H2. The van der Waals surface area contributed by atoms with Crippen molar-refractivity contribution in [3.63, 3.8) is 0 Å². The normalized spacial score (nSPS) is 12.4. The number of hydrogen-bond acceptors (Lipinski definition) is 3. The fourth-order valence-electron chi connectivity index (χ4n) is 0.929. The lowest BCUT2D eigenvalue weighted by Gasteiger charge is -2.01. The smallest absolute Gasteiger partial charge is 0.148 e. The van der Waals surface area contributed by atoms with E-state index in [1.54, 1.807) is 12.4 Å². The monoisotopic (exact) mass is 165 g/mol. The van der Waals surface area contributed by atoms with Crippen molar-refractivity contribution < 1.29 is 9.90 Å². The lowest BCUT2D eigenvalue weighted by atomic mass is 10.1. The maximum atomic E-state index is 10.1. The van der Waals surface area contributed by atoms with Crippen molar-refractivity contribution in [3.8, 4) is 0 Å². The average molecular weight is 165 g/mol. The molecule has 0 aromatic carbocycles. The van der Waals surface area contributed by atoms with Crippen LogP contribution in [0.15, 0.2) is 24.5 Å². The molecule has 3 heteroatoms.